The first-order valence-corrected chi connectivity index (χ1v) is 5.97. The molecule has 1 N–H and O–H groups in total. The van der Waals surface area contributed by atoms with Gasteiger partial charge in [0.2, 0.25) is 0 Å². The minimum Gasteiger partial charge on any atom is -0.477 e. The average molecular weight is 303 g/mol. The van der Waals surface area contributed by atoms with Crippen molar-refractivity contribution in [1.29, 1.82) is 0 Å². The van der Waals surface area contributed by atoms with Gasteiger partial charge in [0, 0.05) is 10.6 Å². The highest BCUT2D eigenvalue weighted by Crippen LogP contribution is 2.33. The topological polar surface area (TPSA) is 50.2 Å². The van der Waals surface area contributed by atoms with Gasteiger partial charge < -0.3 is 5.11 Å². The van der Waals surface area contributed by atoms with Crippen molar-refractivity contribution in [1.82, 2.24) is 4.98 Å². The molecule has 0 bridgehead atoms. The van der Waals surface area contributed by atoms with Crippen molar-refractivity contribution in [2.45, 2.75) is 0 Å². The third-order valence-corrected chi connectivity index (χ3v) is 3.12. The van der Waals surface area contributed by atoms with Crippen molar-refractivity contribution in [2.75, 3.05) is 0 Å². The summed E-state index contributed by atoms with van der Waals surface area (Å²) in [6.07, 6.45) is 0. The minimum absolute atomic E-state index is 0.106. The van der Waals surface area contributed by atoms with Crippen molar-refractivity contribution < 1.29 is 9.90 Å². The molecule has 0 radical (unpaired) electrons. The van der Waals surface area contributed by atoms with Crippen LogP contribution < -0.4 is 0 Å². The molecular formula is C12H6Cl3NO2. The highest BCUT2D eigenvalue weighted by atomic mass is 35.5. The van der Waals surface area contributed by atoms with Crippen molar-refractivity contribution in [3.05, 3.63) is 51.1 Å². The van der Waals surface area contributed by atoms with Gasteiger partial charge in [0.15, 0.2) is 0 Å². The molecule has 2 rings (SSSR count). The number of hydrogen-bond acceptors (Lipinski definition) is 2. The fraction of sp³-hybridized carbons (Fsp3) is 0. The van der Waals surface area contributed by atoms with Crippen LogP contribution in [0.4, 0.5) is 0 Å². The van der Waals surface area contributed by atoms with Crippen LogP contribution in [0.2, 0.25) is 15.1 Å². The number of aromatic carboxylic acids is 1. The van der Waals surface area contributed by atoms with Crippen molar-refractivity contribution >= 4 is 40.8 Å². The van der Waals surface area contributed by atoms with Gasteiger partial charge in [0.25, 0.3) is 0 Å². The van der Waals surface area contributed by atoms with E-state index in [0.29, 0.717) is 26.3 Å². The van der Waals surface area contributed by atoms with Crippen LogP contribution in [-0.4, -0.2) is 16.1 Å². The van der Waals surface area contributed by atoms with Crippen LogP contribution in [0.25, 0.3) is 11.3 Å². The number of rotatable bonds is 2. The summed E-state index contributed by atoms with van der Waals surface area (Å²) in [6, 6.07) is 7.61. The molecule has 6 heteroatoms. The molecular weight excluding hydrogens is 296 g/mol. The summed E-state index contributed by atoms with van der Waals surface area (Å²) >= 11 is 17.9. The summed E-state index contributed by atoms with van der Waals surface area (Å²) < 4.78 is 0. The summed E-state index contributed by atoms with van der Waals surface area (Å²) in [6.45, 7) is 0. The smallest absolute Gasteiger partial charge is 0.354 e. The molecule has 0 aliphatic heterocycles. The number of halogens is 3. The number of carboxylic acids is 1. The molecule has 1 heterocycles. The number of pyridine rings is 1. The van der Waals surface area contributed by atoms with E-state index in [0.717, 1.165) is 0 Å². The third kappa shape index (κ3) is 2.58. The largest absolute Gasteiger partial charge is 0.477 e. The van der Waals surface area contributed by atoms with E-state index in [-0.39, 0.29) is 5.69 Å². The van der Waals surface area contributed by atoms with Gasteiger partial charge in [-0.05, 0) is 30.3 Å². The Morgan fingerprint density at radius 1 is 1.06 bits per heavy atom. The fourth-order valence-corrected chi connectivity index (χ4v) is 2.02. The van der Waals surface area contributed by atoms with Crippen LogP contribution in [0.3, 0.4) is 0 Å². The van der Waals surface area contributed by atoms with Crippen LogP contribution in [0.5, 0.6) is 0 Å². The first-order chi connectivity index (χ1) is 8.49. The van der Waals surface area contributed by atoms with Crippen LogP contribution >= 0.6 is 34.8 Å². The zero-order chi connectivity index (χ0) is 13.3. The van der Waals surface area contributed by atoms with Gasteiger partial charge in [-0.15, -0.1) is 0 Å². The molecule has 0 aliphatic rings. The second-order valence-corrected chi connectivity index (χ2v) is 4.71. The summed E-state index contributed by atoms with van der Waals surface area (Å²) in [5.74, 6) is -1.13. The molecule has 0 amide bonds. The van der Waals surface area contributed by atoms with E-state index >= 15 is 0 Å². The molecule has 1 aromatic carbocycles. The van der Waals surface area contributed by atoms with Crippen LogP contribution in [0.1, 0.15) is 10.5 Å². The predicted molar refractivity (Wildman–Crippen MR) is 71.7 cm³/mol. The van der Waals surface area contributed by atoms with Gasteiger partial charge >= 0.3 is 5.97 Å². The molecule has 0 fully saturated rings. The van der Waals surface area contributed by atoms with Crippen LogP contribution in [0.15, 0.2) is 30.3 Å². The highest BCUT2D eigenvalue weighted by molar-refractivity contribution is 6.37. The summed E-state index contributed by atoms with van der Waals surface area (Å²) in [5.41, 5.74) is 0.687. The summed E-state index contributed by atoms with van der Waals surface area (Å²) in [7, 11) is 0. The molecule has 0 saturated heterocycles. The Balaban J connectivity index is 2.66. The van der Waals surface area contributed by atoms with Gasteiger partial charge in [-0.2, -0.15) is 0 Å². The van der Waals surface area contributed by atoms with Gasteiger partial charge in [-0.1, -0.05) is 34.8 Å². The van der Waals surface area contributed by atoms with E-state index < -0.39 is 5.97 Å². The fourth-order valence-electron chi connectivity index (χ4n) is 1.43. The molecule has 3 nitrogen and oxygen atoms in total. The standard InChI is InChI=1S/C12H6Cl3NO2/c13-6-1-2-8(14)7(5-6)11-9(15)3-4-10(16-11)12(17)18/h1-5H,(H,17,18). The maximum absolute atomic E-state index is 10.9. The Hall–Kier alpha value is -1.29. The van der Waals surface area contributed by atoms with E-state index in [9.17, 15) is 4.79 Å². The quantitative estimate of drug-likeness (QED) is 0.894. The highest BCUT2D eigenvalue weighted by Gasteiger charge is 2.13. The Labute approximate surface area is 118 Å². The molecule has 0 aliphatic carbocycles. The van der Waals surface area contributed by atoms with Crippen molar-refractivity contribution in [3.63, 3.8) is 0 Å². The zero-order valence-electron chi connectivity index (χ0n) is 8.82. The number of benzene rings is 1. The molecule has 0 saturated carbocycles. The van der Waals surface area contributed by atoms with Gasteiger partial charge in [0.1, 0.15) is 5.69 Å². The first-order valence-electron chi connectivity index (χ1n) is 4.84. The third-order valence-electron chi connectivity index (χ3n) is 2.25. The van der Waals surface area contributed by atoms with Crippen molar-refractivity contribution in [2.24, 2.45) is 0 Å². The Morgan fingerprint density at radius 3 is 2.39 bits per heavy atom. The number of nitrogens with zero attached hydrogens (tertiary/aromatic N) is 1. The lowest BCUT2D eigenvalue weighted by atomic mass is 10.1. The van der Waals surface area contributed by atoms with Crippen molar-refractivity contribution in [3.8, 4) is 11.3 Å². The summed E-state index contributed by atoms with van der Waals surface area (Å²) in [5, 5.41) is 10.1. The van der Waals surface area contributed by atoms with Gasteiger partial charge in [0.05, 0.1) is 15.7 Å². The molecule has 0 unspecified atom stereocenters. The maximum Gasteiger partial charge on any atom is 0.354 e. The second kappa shape index (κ2) is 5.14. The Kier molecular flexibility index (Phi) is 3.76. The number of carbonyl (C=O) groups is 1. The SMILES string of the molecule is O=C(O)c1ccc(Cl)c(-c2cc(Cl)ccc2Cl)n1. The molecule has 0 spiro atoms. The van der Waals surface area contributed by atoms with E-state index in [1.807, 2.05) is 0 Å². The monoisotopic (exact) mass is 301 g/mol. The van der Waals surface area contributed by atoms with E-state index in [4.69, 9.17) is 39.9 Å². The molecule has 1 aromatic heterocycles. The normalized spacial score (nSPS) is 10.4. The molecule has 92 valence electrons. The number of carboxylic acid groups (broad SMARTS) is 1. The molecule has 2 aromatic rings. The molecule has 0 atom stereocenters. The van der Waals surface area contributed by atoms with Crippen LogP contribution in [0, 0.1) is 0 Å². The lowest BCUT2D eigenvalue weighted by molar-refractivity contribution is 0.0690. The van der Waals surface area contributed by atoms with E-state index in [1.165, 1.54) is 12.1 Å². The number of hydrogen-bond donors (Lipinski definition) is 1. The zero-order valence-corrected chi connectivity index (χ0v) is 11.1. The second-order valence-electron chi connectivity index (χ2n) is 3.46. The van der Waals surface area contributed by atoms with Gasteiger partial charge in [-0.25, -0.2) is 9.78 Å². The van der Waals surface area contributed by atoms with Gasteiger partial charge in [-0.3, -0.25) is 0 Å². The van der Waals surface area contributed by atoms with E-state index in [1.54, 1.807) is 18.2 Å². The summed E-state index contributed by atoms with van der Waals surface area (Å²) in [4.78, 5) is 14.9. The Morgan fingerprint density at radius 2 is 1.72 bits per heavy atom. The van der Waals surface area contributed by atoms with E-state index in [2.05, 4.69) is 4.98 Å². The van der Waals surface area contributed by atoms with Crippen LogP contribution in [-0.2, 0) is 0 Å². The molecule has 18 heavy (non-hydrogen) atoms. The average Bonchev–Trinajstić information content (AvgIpc) is 2.33. The lowest BCUT2D eigenvalue weighted by Crippen LogP contribution is -2.01. The first kappa shape index (κ1) is 13.1. The minimum atomic E-state index is -1.13. The lowest BCUT2D eigenvalue weighted by Gasteiger charge is -2.07. The predicted octanol–water partition coefficient (Wildman–Crippen LogP) is 4.41. The Bertz CT molecular complexity index is 629. The number of aromatic nitrogens is 1. The maximum atomic E-state index is 10.9.